The van der Waals surface area contributed by atoms with E-state index in [1.807, 2.05) is 18.2 Å². The molecule has 1 saturated heterocycles. The van der Waals surface area contributed by atoms with E-state index in [-0.39, 0.29) is 11.5 Å². The zero-order valence-corrected chi connectivity index (χ0v) is 17.8. The van der Waals surface area contributed by atoms with Gasteiger partial charge in [0.25, 0.3) is 0 Å². The molecule has 1 fully saturated rings. The number of rotatable bonds is 4. The summed E-state index contributed by atoms with van der Waals surface area (Å²) in [5.41, 5.74) is 2.74. The molecular weight excluding hydrogens is 394 g/mol. The maximum atomic E-state index is 13.1. The average Bonchev–Trinajstić information content (AvgIpc) is 3.30. The fourth-order valence-electron chi connectivity index (χ4n) is 4.53. The summed E-state index contributed by atoms with van der Waals surface area (Å²) < 4.78 is 11.7. The molecule has 0 bridgehead atoms. The molecule has 2 aliphatic heterocycles. The molecule has 0 saturated carbocycles. The Morgan fingerprint density at radius 3 is 2.84 bits per heavy atom. The molecule has 2 N–H and O–H groups in total. The third kappa shape index (κ3) is 3.58. The minimum Gasteiger partial charge on any atom is -0.496 e. The number of fused-ring (bicyclic) bond motifs is 2. The van der Waals surface area contributed by atoms with Crippen LogP contribution in [0.2, 0.25) is 0 Å². The van der Waals surface area contributed by atoms with Crippen molar-refractivity contribution in [2.24, 2.45) is 0 Å². The van der Waals surface area contributed by atoms with Gasteiger partial charge in [-0.2, -0.15) is 5.10 Å². The maximum absolute atomic E-state index is 13.1. The number of aromatic amines is 1. The quantitative estimate of drug-likeness (QED) is 0.628. The van der Waals surface area contributed by atoms with Gasteiger partial charge in [0.2, 0.25) is 5.78 Å². The molecular formula is C23H25N5O3. The molecule has 1 aromatic carbocycles. The molecule has 0 radical (unpaired) electrons. The van der Waals surface area contributed by atoms with E-state index in [0.29, 0.717) is 41.3 Å². The van der Waals surface area contributed by atoms with Crippen LogP contribution in [0.1, 0.15) is 35.5 Å². The Bertz CT molecular complexity index is 1180. The van der Waals surface area contributed by atoms with Crippen molar-refractivity contribution < 1.29 is 14.3 Å². The largest absolute Gasteiger partial charge is 0.496 e. The molecule has 0 amide bonds. The van der Waals surface area contributed by atoms with E-state index in [1.165, 1.54) is 0 Å². The topological polar surface area (TPSA) is 92.4 Å². The van der Waals surface area contributed by atoms with E-state index in [1.54, 1.807) is 25.4 Å². The predicted molar refractivity (Wildman–Crippen MR) is 117 cm³/mol. The number of methoxy groups -OCH3 is 1. The monoisotopic (exact) mass is 419 g/mol. The van der Waals surface area contributed by atoms with Crippen LogP contribution >= 0.6 is 0 Å². The van der Waals surface area contributed by atoms with Gasteiger partial charge in [-0.05, 0) is 38.1 Å². The summed E-state index contributed by atoms with van der Waals surface area (Å²) in [5.74, 6) is 1.40. The van der Waals surface area contributed by atoms with Gasteiger partial charge < -0.3 is 14.8 Å². The highest BCUT2D eigenvalue weighted by Crippen LogP contribution is 2.40. The Hall–Kier alpha value is -3.23. The lowest BCUT2D eigenvalue weighted by molar-refractivity contribution is 0.101. The first kappa shape index (κ1) is 19.7. The van der Waals surface area contributed by atoms with Crippen molar-refractivity contribution in [1.29, 1.82) is 0 Å². The number of benzene rings is 1. The van der Waals surface area contributed by atoms with E-state index in [9.17, 15) is 4.79 Å². The number of H-pyrrole nitrogens is 1. The Kier molecular flexibility index (Phi) is 4.95. The normalized spacial score (nSPS) is 22.7. The molecule has 0 spiro atoms. The Morgan fingerprint density at radius 2 is 2.06 bits per heavy atom. The van der Waals surface area contributed by atoms with Crippen LogP contribution in [-0.4, -0.2) is 58.1 Å². The standard InChI is InChI=1S/C23H25N5O3/c1-13-10-28(11-14(2)25-13)12-17-19(30-3)7-6-16-21(29)20(31-22(16)17)9-18-15-5-4-8-24-23(15)27-26-18/h4-9,13-14,25H,10-12H2,1-3H3,(H,24,26,27)/b20-9-/t13-,14+. The first-order valence-electron chi connectivity index (χ1n) is 10.4. The van der Waals surface area contributed by atoms with E-state index >= 15 is 0 Å². The number of hydrogen-bond donors (Lipinski definition) is 2. The molecule has 160 valence electrons. The summed E-state index contributed by atoms with van der Waals surface area (Å²) in [5, 5.41) is 11.6. The first-order valence-corrected chi connectivity index (χ1v) is 10.4. The Labute approximate surface area is 180 Å². The summed E-state index contributed by atoms with van der Waals surface area (Å²) >= 11 is 0. The zero-order valence-electron chi connectivity index (χ0n) is 17.8. The van der Waals surface area contributed by atoms with Crippen molar-refractivity contribution in [1.82, 2.24) is 25.4 Å². The summed E-state index contributed by atoms with van der Waals surface area (Å²) in [6.07, 6.45) is 3.37. The average molecular weight is 419 g/mol. The zero-order chi connectivity index (χ0) is 21.5. The van der Waals surface area contributed by atoms with Gasteiger partial charge in [-0.3, -0.25) is 14.8 Å². The second-order valence-electron chi connectivity index (χ2n) is 8.23. The molecule has 2 atom stereocenters. The molecule has 2 aliphatic rings. The van der Waals surface area contributed by atoms with Crippen LogP contribution in [-0.2, 0) is 6.54 Å². The number of pyridine rings is 1. The molecule has 5 rings (SSSR count). The first-order chi connectivity index (χ1) is 15.0. The SMILES string of the molecule is COc1ccc2c(c1CN1C[C@@H](C)N[C@@H](C)C1)O/C(=C\c1n[nH]c3ncccc13)C2=O. The summed E-state index contributed by atoms with van der Waals surface area (Å²) in [4.78, 5) is 19.7. The smallest absolute Gasteiger partial charge is 0.232 e. The lowest BCUT2D eigenvalue weighted by atomic mass is 10.0. The third-order valence-electron chi connectivity index (χ3n) is 5.77. The van der Waals surface area contributed by atoms with Crippen LogP contribution in [0.25, 0.3) is 17.1 Å². The minimum atomic E-state index is -0.152. The molecule has 0 aliphatic carbocycles. The molecule has 2 aromatic heterocycles. The summed E-state index contributed by atoms with van der Waals surface area (Å²) in [6, 6.07) is 8.16. The van der Waals surface area contributed by atoms with Crippen LogP contribution in [0.15, 0.2) is 36.2 Å². The van der Waals surface area contributed by atoms with Crippen LogP contribution in [0.3, 0.4) is 0 Å². The van der Waals surface area contributed by atoms with Crippen molar-refractivity contribution in [3.63, 3.8) is 0 Å². The Morgan fingerprint density at radius 1 is 1.26 bits per heavy atom. The summed E-state index contributed by atoms with van der Waals surface area (Å²) in [6.45, 7) is 6.84. The number of carbonyl (C=O) groups excluding carboxylic acids is 1. The van der Waals surface area contributed by atoms with Crippen LogP contribution in [0.4, 0.5) is 0 Å². The minimum absolute atomic E-state index is 0.152. The number of ketones is 1. The lowest BCUT2D eigenvalue weighted by Crippen LogP contribution is -2.53. The fraction of sp³-hybridized carbons (Fsp3) is 0.348. The number of piperazine rings is 1. The second-order valence-corrected chi connectivity index (χ2v) is 8.23. The number of ether oxygens (including phenoxy) is 2. The highest BCUT2D eigenvalue weighted by atomic mass is 16.5. The van der Waals surface area contributed by atoms with Gasteiger partial charge in [0.1, 0.15) is 11.5 Å². The number of nitrogens with one attached hydrogen (secondary N) is 2. The van der Waals surface area contributed by atoms with E-state index < -0.39 is 0 Å². The van der Waals surface area contributed by atoms with Gasteiger partial charge in [-0.15, -0.1) is 0 Å². The number of Topliss-reactive ketones (excluding diaryl/α,β-unsaturated/α-hetero) is 1. The number of allylic oxidation sites excluding steroid dienone is 1. The molecule has 4 heterocycles. The number of carbonyl (C=O) groups is 1. The van der Waals surface area contributed by atoms with Crippen molar-refractivity contribution >= 4 is 22.9 Å². The van der Waals surface area contributed by atoms with Crippen LogP contribution in [0, 0.1) is 0 Å². The molecule has 0 unspecified atom stereocenters. The highest BCUT2D eigenvalue weighted by Gasteiger charge is 2.33. The van der Waals surface area contributed by atoms with Crippen molar-refractivity contribution in [3.05, 3.63) is 53.0 Å². The molecule has 31 heavy (non-hydrogen) atoms. The number of hydrogen-bond acceptors (Lipinski definition) is 7. The van der Waals surface area contributed by atoms with Crippen molar-refractivity contribution in [2.75, 3.05) is 20.2 Å². The van der Waals surface area contributed by atoms with Gasteiger partial charge in [0.15, 0.2) is 11.4 Å². The van der Waals surface area contributed by atoms with Crippen LogP contribution in [0.5, 0.6) is 11.5 Å². The molecule has 3 aromatic rings. The van der Waals surface area contributed by atoms with Gasteiger partial charge >= 0.3 is 0 Å². The van der Waals surface area contributed by atoms with E-state index in [2.05, 4.69) is 39.2 Å². The third-order valence-corrected chi connectivity index (χ3v) is 5.77. The van der Waals surface area contributed by atoms with Gasteiger partial charge in [0, 0.05) is 49.4 Å². The van der Waals surface area contributed by atoms with Crippen LogP contribution < -0.4 is 14.8 Å². The van der Waals surface area contributed by atoms with Gasteiger partial charge in [0.05, 0.1) is 23.9 Å². The lowest BCUT2D eigenvalue weighted by Gasteiger charge is -2.36. The maximum Gasteiger partial charge on any atom is 0.232 e. The highest BCUT2D eigenvalue weighted by molar-refractivity contribution is 6.15. The molecule has 8 heteroatoms. The van der Waals surface area contributed by atoms with Crippen molar-refractivity contribution in [2.45, 2.75) is 32.5 Å². The van der Waals surface area contributed by atoms with Gasteiger partial charge in [-0.1, -0.05) is 0 Å². The van der Waals surface area contributed by atoms with E-state index in [4.69, 9.17) is 9.47 Å². The predicted octanol–water partition coefficient (Wildman–Crippen LogP) is 2.76. The second kappa shape index (κ2) is 7.79. The van der Waals surface area contributed by atoms with Gasteiger partial charge in [-0.25, -0.2) is 4.98 Å². The Balaban J connectivity index is 1.50. The number of nitrogens with zero attached hydrogens (tertiary/aromatic N) is 3. The number of aromatic nitrogens is 3. The molecule has 8 nitrogen and oxygen atoms in total. The summed E-state index contributed by atoms with van der Waals surface area (Å²) in [7, 11) is 1.64. The van der Waals surface area contributed by atoms with E-state index in [0.717, 1.165) is 29.8 Å². The fourth-order valence-corrected chi connectivity index (χ4v) is 4.53. The van der Waals surface area contributed by atoms with Crippen molar-refractivity contribution in [3.8, 4) is 11.5 Å².